The van der Waals surface area contributed by atoms with Crippen LogP contribution in [0.4, 0.5) is 0 Å². The molecule has 1 saturated heterocycles. The molecule has 3 rings (SSSR count). The van der Waals surface area contributed by atoms with Crippen molar-refractivity contribution in [2.24, 2.45) is 0 Å². The second-order valence-corrected chi connectivity index (χ2v) is 12.0. The van der Waals surface area contributed by atoms with Gasteiger partial charge < -0.3 is 0 Å². The number of aromatic nitrogens is 2. The van der Waals surface area contributed by atoms with Gasteiger partial charge in [-0.3, -0.25) is 0 Å². The molecule has 0 atom stereocenters. The molecule has 0 saturated carbocycles. The Kier molecular flexibility index (Phi) is 4.74. The Labute approximate surface area is 149 Å². The van der Waals surface area contributed by atoms with E-state index in [0.717, 1.165) is 48.3 Å². The van der Waals surface area contributed by atoms with Gasteiger partial charge in [-0.05, 0) is 0 Å². The number of benzene rings is 1. The number of hydrogen-bond acceptors (Lipinski definition) is 3. The van der Waals surface area contributed by atoms with Crippen LogP contribution in [0.5, 0.6) is 0 Å². The van der Waals surface area contributed by atoms with Crippen LogP contribution in [0.2, 0.25) is 0 Å². The molecule has 0 unspecified atom stereocenters. The summed E-state index contributed by atoms with van der Waals surface area (Å²) in [5, 5.41) is 14.1. The third kappa shape index (κ3) is 3.94. The Balaban J connectivity index is 1.98. The van der Waals surface area contributed by atoms with Crippen LogP contribution < -0.4 is 0 Å². The minimum atomic E-state index is -2.16. The zero-order valence-electron chi connectivity index (χ0n) is 15.1. The van der Waals surface area contributed by atoms with Crippen LogP contribution in [0, 0.1) is 0 Å². The first kappa shape index (κ1) is 18.1. The van der Waals surface area contributed by atoms with E-state index in [-0.39, 0.29) is 11.1 Å². The molecule has 0 aliphatic carbocycles. The second kappa shape index (κ2) is 6.54. The summed E-state index contributed by atoms with van der Waals surface area (Å²) >= 11 is 0. The predicted molar refractivity (Wildman–Crippen MR) is 102 cm³/mol. The fourth-order valence-corrected chi connectivity index (χ4v) is 6.88. The molecular weight excluding hydrogens is 335 g/mol. The van der Waals surface area contributed by atoms with Crippen LogP contribution in [0.15, 0.2) is 30.3 Å². The fraction of sp³-hybridized carbons (Fsp3) is 0.474. The molecule has 2 heterocycles. The van der Waals surface area contributed by atoms with Crippen LogP contribution >= 0.6 is 7.49 Å². The normalized spacial score (nSPS) is 18.2. The molecule has 2 N–H and O–H groups in total. The predicted octanol–water partition coefficient (Wildman–Crippen LogP) is 3.82. The Hall–Kier alpha value is -1.71. The van der Waals surface area contributed by atoms with Crippen molar-refractivity contribution in [2.75, 3.05) is 12.3 Å². The topological polar surface area (TPSA) is 75.3 Å². The van der Waals surface area contributed by atoms with Crippen LogP contribution in [0.3, 0.4) is 0 Å². The van der Waals surface area contributed by atoms with Gasteiger partial charge in [0, 0.05) is 0 Å². The van der Waals surface area contributed by atoms with Gasteiger partial charge in [0.25, 0.3) is 0 Å². The maximum absolute atomic E-state index is 11.7. The van der Waals surface area contributed by atoms with E-state index in [1.807, 2.05) is 45.0 Å². The number of carboxylic acid groups (broad SMARTS) is 1. The van der Waals surface area contributed by atoms with Crippen LogP contribution in [0.1, 0.15) is 55.4 Å². The van der Waals surface area contributed by atoms with Crippen LogP contribution in [-0.2, 0) is 11.6 Å². The zero-order valence-corrected chi connectivity index (χ0v) is 16.1. The monoisotopic (exact) mass is 362 g/mol. The van der Waals surface area contributed by atoms with Gasteiger partial charge in [-0.1, -0.05) is 0 Å². The summed E-state index contributed by atoms with van der Waals surface area (Å²) in [5.74, 6) is -0.989. The van der Waals surface area contributed by atoms with Crippen LogP contribution in [0.25, 0.3) is 5.69 Å². The SMILES string of the molecule is CC(C)(C)c1cc(C(=O)O)n(-c2cccc(C[PH]3(O)CCCC3)c2)n1. The first-order valence-electron chi connectivity index (χ1n) is 8.84. The summed E-state index contributed by atoms with van der Waals surface area (Å²) in [4.78, 5) is 22.4. The third-order valence-corrected chi connectivity index (χ3v) is 8.55. The van der Waals surface area contributed by atoms with E-state index < -0.39 is 13.5 Å². The van der Waals surface area contributed by atoms with E-state index in [9.17, 15) is 14.8 Å². The molecule has 25 heavy (non-hydrogen) atoms. The molecule has 1 aromatic heterocycles. The van der Waals surface area contributed by atoms with Gasteiger partial charge in [0.15, 0.2) is 0 Å². The molecule has 0 bridgehead atoms. The summed E-state index contributed by atoms with van der Waals surface area (Å²) in [6.07, 6.45) is 4.91. The molecule has 0 spiro atoms. The molecule has 2 aromatic rings. The molecule has 0 radical (unpaired) electrons. The van der Waals surface area contributed by atoms with E-state index in [0.29, 0.717) is 0 Å². The van der Waals surface area contributed by atoms with Gasteiger partial charge in [0.05, 0.1) is 0 Å². The van der Waals surface area contributed by atoms with Gasteiger partial charge in [0.2, 0.25) is 0 Å². The van der Waals surface area contributed by atoms with E-state index in [1.54, 1.807) is 6.07 Å². The van der Waals surface area contributed by atoms with Gasteiger partial charge >= 0.3 is 149 Å². The standard InChI is InChI=1S/C19H27N2O3P/c1-19(2,3)17-12-16(18(22)23)21(20-17)15-8-6-7-14(11-15)13-25(24)9-4-5-10-25/h6-8,11-12,24-25H,4-5,9-10,13H2,1-3H3,(H,22,23). The first-order chi connectivity index (χ1) is 11.7. The van der Waals surface area contributed by atoms with Gasteiger partial charge in [0.1, 0.15) is 0 Å². The summed E-state index contributed by atoms with van der Waals surface area (Å²) in [7, 11) is -2.16. The zero-order chi connectivity index (χ0) is 18.2. The van der Waals surface area contributed by atoms with Crippen molar-refractivity contribution < 1.29 is 14.8 Å². The molecule has 1 aliphatic rings. The number of carbonyl (C=O) groups is 1. The number of rotatable bonds is 4. The molecule has 5 nitrogen and oxygen atoms in total. The van der Waals surface area contributed by atoms with E-state index in [2.05, 4.69) is 5.10 Å². The summed E-state index contributed by atoms with van der Waals surface area (Å²) in [5.41, 5.74) is 2.50. The molecule has 1 aromatic carbocycles. The number of aromatic carboxylic acids is 1. The Bertz CT molecular complexity index is 786. The quantitative estimate of drug-likeness (QED) is 0.811. The molecular formula is C19H27N2O3P. The van der Waals surface area contributed by atoms with E-state index in [4.69, 9.17) is 0 Å². The molecule has 0 amide bonds. The summed E-state index contributed by atoms with van der Waals surface area (Å²) in [6, 6.07) is 9.42. The van der Waals surface area contributed by atoms with Crippen molar-refractivity contribution in [2.45, 2.75) is 45.2 Å². The van der Waals surface area contributed by atoms with Crippen molar-refractivity contribution in [1.29, 1.82) is 0 Å². The summed E-state index contributed by atoms with van der Waals surface area (Å²) < 4.78 is 1.51. The average molecular weight is 362 g/mol. The maximum atomic E-state index is 11.7. The van der Waals surface area contributed by atoms with Crippen molar-refractivity contribution in [3.63, 3.8) is 0 Å². The van der Waals surface area contributed by atoms with Crippen LogP contribution in [-0.4, -0.2) is 38.1 Å². The van der Waals surface area contributed by atoms with Gasteiger partial charge in [-0.15, -0.1) is 0 Å². The first-order valence-corrected chi connectivity index (χ1v) is 11.4. The summed E-state index contributed by atoms with van der Waals surface area (Å²) in [6.45, 7) is 6.05. The number of hydrogen-bond donors (Lipinski definition) is 2. The molecule has 136 valence electrons. The Morgan fingerprint density at radius 1 is 1.24 bits per heavy atom. The molecule has 6 heteroatoms. The van der Waals surface area contributed by atoms with Crippen molar-refractivity contribution in [3.05, 3.63) is 47.3 Å². The van der Waals surface area contributed by atoms with Crippen molar-refractivity contribution in [1.82, 2.24) is 9.78 Å². The van der Waals surface area contributed by atoms with Crippen molar-refractivity contribution in [3.8, 4) is 5.69 Å². The average Bonchev–Trinajstić information content (AvgIpc) is 3.13. The van der Waals surface area contributed by atoms with Gasteiger partial charge in [-0.25, -0.2) is 0 Å². The third-order valence-electron chi connectivity index (χ3n) is 4.92. The minimum absolute atomic E-state index is 0.166. The molecule has 1 fully saturated rings. The molecule has 1 aliphatic heterocycles. The second-order valence-electron chi connectivity index (χ2n) is 8.16. The van der Waals surface area contributed by atoms with Gasteiger partial charge in [-0.2, -0.15) is 0 Å². The van der Waals surface area contributed by atoms with E-state index in [1.165, 1.54) is 4.68 Å². The number of carboxylic acids is 1. The Morgan fingerprint density at radius 3 is 2.52 bits per heavy atom. The van der Waals surface area contributed by atoms with Crippen molar-refractivity contribution >= 4 is 13.5 Å². The fourth-order valence-electron chi connectivity index (χ4n) is 3.48. The number of nitrogens with zero attached hydrogens (tertiary/aromatic N) is 2. The Morgan fingerprint density at radius 2 is 1.92 bits per heavy atom. The van der Waals surface area contributed by atoms with E-state index >= 15 is 0 Å².